The van der Waals surface area contributed by atoms with Crippen molar-refractivity contribution in [2.75, 3.05) is 19.9 Å². The summed E-state index contributed by atoms with van der Waals surface area (Å²) in [6.45, 7) is 6.55. The van der Waals surface area contributed by atoms with Crippen molar-refractivity contribution in [3.8, 4) is 11.5 Å². The van der Waals surface area contributed by atoms with Crippen molar-refractivity contribution < 1.29 is 24.2 Å². The molecule has 0 bridgehead atoms. The molecule has 0 aromatic heterocycles. The Labute approximate surface area is 203 Å². The van der Waals surface area contributed by atoms with Gasteiger partial charge in [0.2, 0.25) is 0 Å². The molecule has 0 saturated carbocycles. The second-order valence-corrected chi connectivity index (χ2v) is 12.9. The van der Waals surface area contributed by atoms with Crippen LogP contribution in [-0.4, -0.2) is 34.6 Å². The minimum atomic E-state index is -4.96. The summed E-state index contributed by atoms with van der Waals surface area (Å²) in [4.78, 5) is 31.0. The van der Waals surface area contributed by atoms with E-state index in [0.717, 1.165) is 32.3 Å². The SMILES string of the molecule is CCCCCCCCCCOc1cccc(P(C)(O)(O)O)c1OCCCCCCCCCC. The Bertz CT molecular complexity index is 617. The quantitative estimate of drug-likeness (QED) is 0.126. The third-order valence-corrected chi connectivity index (χ3v) is 7.50. The summed E-state index contributed by atoms with van der Waals surface area (Å²) < 4.78 is 11.9. The molecule has 0 amide bonds. The molecule has 6 heteroatoms. The molecule has 0 aliphatic rings. The molecule has 0 aliphatic heterocycles. The summed E-state index contributed by atoms with van der Waals surface area (Å²) in [6.07, 6.45) is 19.4. The molecule has 0 spiro atoms. The van der Waals surface area contributed by atoms with Gasteiger partial charge in [-0.05, 0) is 0 Å². The molecule has 5 nitrogen and oxygen atoms in total. The second-order valence-electron chi connectivity index (χ2n) is 9.64. The van der Waals surface area contributed by atoms with E-state index in [1.54, 1.807) is 12.1 Å². The van der Waals surface area contributed by atoms with Crippen LogP contribution >= 0.6 is 7.28 Å². The van der Waals surface area contributed by atoms with Gasteiger partial charge in [-0.25, -0.2) is 0 Å². The molecule has 0 saturated heterocycles. The monoisotopic (exact) mass is 486 g/mol. The van der Waals surface area contributed by atoms with Crippen LogP contribution in [0.5, 0.6) is 11.5 Å². The fourth-order valence-corrected chi connectivity index (χ4v) is 5.09. The van der Waals surface area contributed by atoms with Gasteiger partial charge in [0.25, 0.3) is 0 Å². The zero-order valence-corrected chi connectivity index (χ0v) is 22.5. The van der Waals surface area contributed by atoms with Crippen molar-refractivity contribution in [2.45, 2.75) is 117 Å². The van der Waals surface area contributed by atoms with Crippen LogP contribution < -0.4 is 14.8 Å². The Morgan fingerprint density at radius 1 is 0.606 bits per heavy atom. The van der Waals surface area contributed by atoms with Gasteiger partial charge in [-0.3, -0.25) is 0 Å². The maximum atomic E-state index is 10.3. The van der Waals surface area contributed by atoms with E-state index in [4.69, 9.17) is 9.47 Å². The first-order valence-electron chi connectivity index (χ1n) is 13.4. The van der Waals surface area contributed by atoms with E-state index in [9.17, 15) is 14.7 Å². The molecule has 0 atom stereocenters. The van der Waals surface area contributed by atoms with Gasteiger partial charge in [-0.2, -0.15) is 0 Å². The summed E-state index contributed by atoms with van der Waals surface area (Å²) in [5.74, 6) is 0.746. The van der Waals surface area contributed by atoms with Crippen LogP contribution in [0.4, 0.5) is 0 Å². The number of hydrogen-bond acceptors (Lipinski definition) is 5. The molecular weight excluding hydrogens is 435 g/mol. The van der Waals surface area contributed by atoms with Gasteiger partial charge >= 0.3 is 183 Å². The zero-order chi connectivity index (χ0) is 24.4. The first kappa shape index (κ1) is 30.2. The van der Waals surface area contributed by atoms with Gasteiger partial charge < -0.3 is 0 Å². The van der Waals surface area contributed by atoms with E-state index in [1.807, 2.05) is 0 Å². The predicted molar refractivity (Wildman–Crippen MR) is 142 cm³/mol. The third kappa shape index (κ3) is 14.2. The molecular formula is C27H51O5P. The summed E-state index contributed by atoms with van der Waals surface area (Å²) in [7, 11) is -4.96. The molecule has 3 N–H and O–H groups in total. The van der Waals surface area contributed by atoms with Crippen LogP contribution in [0.25, 0.3) is 0 Å². The molecule has 1 aromatic rings. The van der Waals surface area contributed by atoms with E-state index >= 15 is 0 Å². The van der Waals surface area contributed by atoms with Crippen LogP contribution in [0.15, 0.2) is 18.2 Å². The van der Waals surface area contributed by atoms with Crippen LogP contribution in [0.2, 0.25) is 0 Å². The van der Waals surface area contributed by atoms with Gasteiger partial charge in [-0.15, -0.1) is 0 Å². The molecule has 194 valence electrons. The normalized spacial score (nSPS) is 13.0. The molecule has 1 aromatic carbocycles. The van der Waals surface area contributed by atoms with E-state index in [0.29, 0.717) is 19.0 Å². The average molecular weight is 487 g/mol. The summed E-state index contributed by atoms with van der Waals surface area (Å²) in [5.41, 5.74) is 0. The zero-order valence-electron chi connectivity index (χ0n) is 21.6. The fraction of sp³-hybridized carbons (Fsp3) is 0.778. The standard InChI is InChI=1S/C27H51O5P/c1-4-6-8-10-12-14-16-18-23-31-25-21-20-22-26(33(3,28,29)30)27(25)32-24-19-17-15-13-11-9-7-5-2/h20-22,28-30H,4-19,23-24H2,1-3H3. The maximum absolute atomic E-state index is 10.3. The Hall–Kier alpha value is -0.870. The van der Waals surface area contributed by atoms with Gasteiger partial charge in [0.1, 0.15) is 0 Å². The van der Waals surface area contributed by atoms with E-state index < -0.39 is 7.28 Å². The van der Waals surface area contributed by atoms with Crippen molar-refractivity contribution in [1.82, 2.24) is 0 Å². The fourth-order valence-electron chi connectivity index (χ4n) is 4.00. The van der Waals surface area contributed by atoms with Crippen molar-refractivity contribution in [3.05, 3.63) is 18.2 Å². The van der Waals surface area contributed by atoms with E-state index in [2.05, 4.69) is 13.8 Å². The number of rotatable bonds is 21. The number of ether oxygens (including phenoxy) is 2. The summed E-state index contributed by atoms with van der Waals surface area (Å²) in [6, 6.07) is 4.97. The van der Waals surface area contributed by atoms with Crippen molar-refractivity contribution in [3.63, 3.8) is 0 Å². The van der Waals surface area contributed by atoms with Crippen LogP contribution in [0.3, 0.4) is 0 Å². The van der Waals surface area contributed by atoms with Crippen molar-refractivity contribution in [2.24, 2.45) is 0 Å². The molecule has 33 heavy (non-hydrogen) atoms. The second kappa shape index (κ2) is 16.7. The molecule has 0 heterocycles. The van der Waals surface area contributed by atoms with Crippen molar-refractivity contribution >= 4 is 12.6 Å². The molecule has 0 fully saturated rings. The molecule has 1 rings (SSSR count). The van der Waals surface area contributed by atoms with Crippen LogP contribution in [0, 0.1) is 0 Å². The van der Waals surface area contributed by atoms with Gasteiger partial charge in [0.05, 0.1) is 0 Å². The Morgan fingerprint density at radius 3 is 1.48 bits per heavy atom. The van der Waals surface area contributed by atoms with Gasteiger partial charge in [0.15, 0.2) is 0 Å². The number of unbranched alkanes of at least 4 members (excludes halogenated alkanes) is 14. The Kier molecular flexibility index (Phi) is 15.3. The summed E-state index contributed by atoms with van der Waals surface area (Å²) in [5, 5.41) is 0.0361. The first-order chi connectivity index (χ1) is 15.8. The number of hydrogen-bond donors (Lipinski definition) is 3. The van der Waals surface area contributed by atoms with Gasteiger partial charge in [-0.1, -0.05) is 20.3 Å². The Balaban J connectivity index is 2.51. The van der Waals surface area contributed by atoms with E-state index in [1.165, 1.54) is 83.1 Å². The van der Waals surface area contributed by atoms with Crippen molar-refractivity contribution in [1.29, 1.82) is 0 Å². The minimum absolute atomic E-state index is 0.0361. The molecule has 0 radical (unpaired) electrons. The number of benzene rings is 1. The molecule has 0 aliphatic carbocycles. The Morgan fingerprint density at radius 2 is 1.03 bits per heavy atom. The summed E-state index contributed by atoms with van der Waals surface area (Å²) >= 11 is 0. The third-order valence-electron chi connectivity index (χ3n) is 6.02. The van der Waals surface area contributed by atoms with Crippen LogP contribution in [0.1, 0.15) is 117 Å². The smallest absolute Gasteiger partial charge is 0.0654 e. The first-order valence-corrected chi connectivity index (χ1v) is 16.0. The number of para-hydroxylation sites is 1. The van der Waals surface area contributed by atoms with Gasteiger partial charge in [0, 0.05) is 0 Å². The molecule has 0 unspecified atom stereocenters. The van der Waals surface area contributed by atoms with Crippen LogP contribution in [-0.2, 0) is 0 Å². The van der Waals surface area contributed by atoms with E-state index in [-0.39, 0.29) is 11.1 Å². The topological polar surface area (TPSA) is 79.2 Å². The minimum Gasteiger partial charge on any atom is -0.0654 e. The predicted octanol–water partition coefficient (Wildman–Crippen LogP) is 7.26. The average Bonchev–Trinajstić information content (AvgIpc) is 2.76.